The fraction of sp³-hybridized carbons (Fsp3) is 0.214. The Balaban J connectivity index is 2.34. The van der Waals surface area contributed by atoms with Crippen LogP contribution < -0.4 is 0 Å². The molecule has 0 unspecified atom stereocenters. The predicted octanol–water partition coefficient (Wildman–Crippen LogP) is 2.71. The van der Waals surface area contributed by atoms with Gasteiger partial charge < -0.3 is 4.74 Å². The number of benzene rings is 1. The van der Waals surface area contributed by atoms with E-state index in [0.717, 1.165) is 17.5 Å². The lowest BCUT2D eigenvalue weighted by molar-refractivity contribution is 0.0498. The average molecular weight is 242 g/mol. The second-order valence-corrected chi connectivity index (χ2v) is 3.80. The van der Waals surface area contributed by atoms with Crippen LogP contribution >= 0.6 is 0 Å². The Morgan fingerprint density at radius 1 is 1.22 bits per heavy atom. The average Bonchev–Trinajstić information content (AvgIpc) is 2.45. The summed E-state index contributed by atoms with van der Waals surface area (Å²) >= 11 is 0. The first kappa shape index (κ1) is 12.2. The van der Waals surface area contributed by atoms with Gasteiger partial charge in [-0.15, -0.1) is 5.10 Å². The highest BCUT2D eigenvalue weighted by molar-refractivity contribution is 5.94. The molecule has 0 aliphatic rings. The molecule has 1 aromatic carbocycles. The minimum absolute atomic E-state index is 0.261. The lowest BCUT2D eigenvalue weighted by Gasteiger charge is -2.07. The molecule has 2 aromatic rings. The molecule has 0 amide bonds. The summed E-state index contributed by atoms with van der Waals surface area (Å²) < 4.78 is 5.10. The maximum atomic E-state index is 11.9. The van der Waals surface area contributed by atoms with Crippen molar-refractivity contribution >= 4 is 5.97 Å². The van der Waals surface area contributed by atoms with Crippen molar-refractivity contribution in [1.29, 1.82) is 0 Å². The molecule has 18 heavy (non-hydrogen) atoms. The van der Waals surface area contributed by atoms with E-state index < -0.39 is 5.97 Å². The molecule has 0 bridgehead atoms. The van der Waals surface area contributed by atoms with Gasteiger partial charge in [-0.3, -0.25) is 0 Å². The number of hydrogen-bond acceptors (Lipinski definition) is 4. The number of esters is 1. The van der Waals surface area contributed by atoms with Crippen molar-refractivity contribution < 1.29 is 9.53 Å². The number of aromatic nitrogens is 2. The van der Waals surface area contributed by atoms with Crippen LogP contribution in [0.5, 0.6) is 0 Å². The van der Waals surface area contributed by atoms with Crippen LogP contribution in [0.4, 0.5) is 0 Å². The smallest absolute Gasteiger partial charge is 0.359 e. The lowest BCUT2D eigenvalue weighted by atomic mass is 10.1. The second-order valence-electron chi connectivity index (χ2n) is 3.80. The van der Waals surface area contributed by atoms with Crippen molar-refractivity contribution in [3.63, 3.8) is 0 Å². The molecule has 0 fully saturated rings. The maximum absolute atomic E-state index is 11.9. The number of nitrogens with zero attached hydrogens (tertiary/aromatic N) is 2. The number of carbonyl (C=O) groups excluding carboxylic acids is 1. The van der Waals surface area contributed by atoms with Gasteiger partial charge in [-0.2, -0.15) is 5.10 Å². The van der Waals surface area contributed by atoms with Gasteiger partial charge >= 0.3 is 5.97 Å². The van der Waals surface area contributed by atoms with E-state index >= 15 is 0 Å². The van der Waals surface area contributed by atoms with Crippen LogP contribution in [0.2, 0.25) is 0 Å². The van der Waals surface area contributed by atoms with E-state index in [1.165, 1.54) is 0 Å². The normalized spacial score (nSPS) is 10.1. The van der Waals surface area contributed by atoms with Crippen molar-refractivity contribution in [3.8, 4) is 11.1 Å². The molecular weight excluding hydrogens is 228 g/mol. The molecule has 4 heteroatoms. The molecule has 0 aliphatic carbocycles. The summed E-state index contributed by atoms with van der Waals surface area (Å²) in [6.45, 7) is 2.34. The zero-order chi connectivity index (χ0) is 12.8. The monoisotopic (exact) mass is 242 g/mol. The van der Waals surface area contributed by atoms with E-state index in [2.05, 4.69) is 10.2 Å². The number of carbonyl (C=O) groups is 1. The fourth-order valence-corrected chi connectivity index (χ4v) is 1.60. The molecule has 0 atom stereocenters. The van der Waals surface area contributed by atoms with Crippen LogP contribution in [0.15, 0.2) is 42.6 Å². The van der Waals surface area contributed by atoms with Gasteiger partial charge in [0, 0.05) is 5.56 Å². The Kier molecular flexibility index (Phi) is 4.02. The van der Waals surface area contributed by atoms with Crippen LogP contribution in [0.3, 0.4) is 0 Å². The van der Waals surface area contributed by atoms with Gasteiger partial charge in [-0.05, 0) is 18.1 Å². The highest BCUT2D eigenvalue weighted by Gasteiger charge is 2.15. The summed E-state index contributed by atoms with van der Waals surface area (Å²) in [7, 11) is 0. The van der Waals surface area contributed by atoms with Crippen LogP contribution in [0, 0.1) is 0 Å². The highest BCUT2D eigenvalue weighted by atomic mass is 16.5. The largest absolute Gasteiger partial charge is 0.461 e. The molecule has 0 saturated heterocycles. The molecule has 2 rings (SSSR count). The van der Waals surface area contributed by atoms with Crippen molar-refractivity contribution in [2.24, 2.45) is 0 Å². The molecular formula is C14H14N2O2. The van der Waals surface area contributed by atoms with Crippen molar-refractivity contribution in [3.05, 3.63) is 48.3 Å². The van der Waals surface area contributed by atoms with Crippen LogP contribution in [-0.4, -0.2) is 22.8 Å². The SMILES string of the molecule is CCCOC(=O)c1nnccc1-c1ccccc1. The van der Waals surface area contributed by atoms with Gasteiger partial charge in [0.2, 0.25) is 0 Å². The Morgan fingerprint density at radius 2 is 2.00 bits per heavy atom. The van der Waals surface area contributed by atoms with Gasteiger partial charge in [-0.1, -0.05) is 37.3 Å². The number of rotatable bonds is 4. The Morgan fingerprint density at radius 3 is 2.72 bits per heavy atom. The summed E-state index contributed by atoms with van der Waals surface area (Å²) in [4.78, 5) is 11.9. The van der Waals surface area contributed by atoms with E-state index in [1.54, 1.807) is 12.3 Å². The summed E-state index contributed by atoms with van der Waals surface area (Å²) in [5.74, 6) is -0.427. The van der Waals surface area contributed by atoms with Crippen LogP contribution in [0.25, 0.3) is 11.1 Å². The van der Waals surface area contributed by atoms with Gasteiger partial charge in [0.1, 0.15) is 0 Å². The Hall–Kier alpha value is -2.23. The van der Waals surface area contributed by atoms with Crippen LogP contribution in [-0.2, 0) is 4.74 Å². The zero-order valence-corrected chi connectivity index (χ0v) is 10.2. The van der Waals surface area contributed by atoms with Crippen molar-refractivity contribution in [2.45, 2.75) is 13.3 Å². The van der Waals surface area contributed by atoms with E-state index in [0.29, 0.717) is 6.61 Å². The van der Waals surface area contributed by atoms with E-state index in [9.17, 15) is 4.79 Å². The first-order chi connectivity index (χ1) is 8.83. The van der Waals surface area contributed by atoms with Gasteiger partial charge in [-0.25, -0.2) is 4.79 Å². The summed E-state index contributed by atoms with van der Waals surface area (Å²) in [6.07, 6.45) is 2.35. The summed E-state index contributed by atoms with van der Waals surface area (Å²) in [6, 6.07) is 11.4. The first-order valence-corrected chi connectivity index (χ1v) is 5.87. The molecule has 4 nitrogen and oxygen atoms in total. The minimum Gasteiger partial charge on any atom is -0.461 e. The quantitative estimate of drug-likeness (QED) is 0.773. The fourth-order valence-electron chi connectivity index (χ4n) is 1.60. The maximum Gasteiger partial charge on any atom is 0.359 e. The third-order valence-corrected chi connectivity index (χ3v) is 2.44. The van der Waals surface area contributed by atoms with Gasteiger partial charge in [0.15, 0.2) is 5.69 Å². The molecule has 0 aliphatic heterocycles. The van der Waals surface area contributed by atoms with Crippen molar-refractivity contribution in [2.75, 3.05) is 6.61 Å². The molecule has 0 spiro atoms. The summed E-state index contributed by atoms with van der Waals surface area (Å²) in [5, 5.41) is 7.63. The molecule has 0 saturated carbocycles. The molecule has 0 radical (unpaired) electrons. The lowest BCUT2D eigenvalue weighted by Crippen LogP contribution is -2.10. The molecule has 92 valence electrons. The topological polar surface area (TPSA) is 52.1 Å². The van der Waals surface area contributed by atoms with Crippen molar-refractivity contribution in [1.82, 2.24) is 10.2 Å². The Bertz CT molecular complexity index is 526. The minimum atomic E-state index is -0.427. The zero-order valence-electron chi connectivity index (χ0n) is 10.2. The second kappa shape index (κ2) is 5.91. The molecule has 1 aromatic heterocycles. The van der Waals surface area contributed by atoms with Gasteiger partial charge in [0.05, 0.1) is 12.8 Å². The van der Waals surface area contributed by atoms with E-state index in [4.69, 9.17) is 4.74 Å². The Labute approximate surface area is 106 Å². The van der Waals surface area contributed by atoms with Gasteiger partial charge in [0.25, 0.3) is 0 Å². The van der Waals surface area contributed by atoms with Crippen LogP contribution in [0.1, 0.15) is 23.8 Å². The van der Waals surface area contributed by atoms with E-state index in [1.807, 2.05) is 37.3 Å². The predicted molar refractivity (Wildman–Crippen MR) is 68.0 cm³/mol. The third kappa shape index (κ3) is 2.71. The highest BCUT2D eigenvalue weighted by Crippen LogP contribution is 2.21. The molecule has 0 N–H and O–H groups in total. The number of hydrogen-bond donors (Lipinski definition) is 0. The standard InChI is InChI=1S/C14H14N2O2/c1-2-10-18-14(17)13-12(8-9-15-16-13)11-6-4-3-5-7-11/h3-9H,2,10H2,1H3. The van der Waals surface area contributed by atoms with E-state index in [-0.39, 0.29) is 5.69 Å². The third-order valence-electron chi connectivity index (χ3n) is 2.44. The summed E-state index contributed by atoms with van der Waals surface area (Å²) in [5.41, 5.74) is 1.93. The number of ether oxygens (including phenoxy) is 1. The molecule has 1 heterocycles. The first-order valence-electron chi connectivity index (χ1n) is 5.87.